The van der Waals surface area contributed by atoms with Crippen LogP contribution < -0.4 is 16.4 Å². The van der Waals surface area contributed by atoms with Crippen molar-refractivity contribution in [1.82, 2.24) is 20.2 Å². The summed E-state index contributed by atoms with van der Waals surface area (Å²) < 4.78 is 0. The van der Waals surface area contributed by atoms with E-state index >= 15 is 0 Å². The largest absolute Gasteiger partial charge is 0.368 e. The Balaban J connectivity index is 1.68. The summed E-state index contributed by atoms with van der Waals surface area (Å²) in [5.41, 5.74) is 6.30. The molecule has 1 aromatic carbocycles. The first-order chi connectivity index (χ1) is 14.4. The lowest BCUT2D eigenvalue weighted by atomic mass is 10.0. The number of nitrogens with two attached hydrogens (primary N) is 1. The molecular formula is C22H32N6O2. The number of carbonyl (C=O) groups is 2. The number of nitrogens with one attached hydrogen (secondary N) is 2. The van der Waals surface area contributed by atoms with Crippen LogP contribution in [0.3, 0.4) is 0 Å². The third kappa shape index (κ3) is 5.89. The third-order valence-corrected chi connectivity index (χ3v) is 5.46. The summed E-state index contributed by atoms with van der Waals surface area (Å²) in [5, 5.41) is 6.90. The average molecular weight is 413 g/mol. The Morgan fingerprint density at radius 2 is 1.87 bits per heavy atom. The number of rotatable bonds is 9. The molecule has 8 heteroatoms. The van der Waals surface area contributed by atoms with Gasteiger partial charge in [0.2, 0.25) is 11.8 Å². The zero-order chi connectivity index (χ0) is 21.5. The number of fused-ring (bicyclic) bond motifs is 1. The van der Waals surface area contributed by atoms with Crippen LogP contribution in [0.5, 0.6) is 0 Å². The van der Waals surface area contributed by atoms with Gasteiger partial charge in [0.1, 0.15) is 11.9 Å². The van der Waals surface area contributed by atoms with Crippen molar-refractivity contribution < 1.29 is 9.59 Å². The van der Waals surface area contributed by atoms with Crippen LogP contribution in [0.2, 0.25) is 0 Å². The topological polar surface area (TPSA) is 113 Å². The Hall–Kier alpha value is -2.74. The third-order valence-electron chi connectivity index (χ3n) is 5.46. The van der Waals surface area contributed by atoms with Gasteiger partial charge in [0.05, 0.1) is 12.1 Å². The predicted molar refractivity (Wildman–Crippen MR) is 118 cm³/mol. The Morgan fingerprint density at radius 1 is 1.13 bits per heavy atom. The van der Waals surface area contributed by atoms with Crippen LogP contribution in [-0.2, 0) is 16.1 Å². The smallest absolute Gasteiger partial charge is 0.240 e. The van der Waals surface area contributed by atoms with E-state index in [-0.39, 0.29) is 18.4 Å². The van der Waals surface area contributed by atoms with E-state index in [1.54, 1.807) is 0 Å². The van der Waals surface area contributed by atoms with Gasteiger partial charge >= 0.3 is 0 Å². The molecule has 1 atom stereocenters. The maximum atomic E-state index is 12.3. The molecule has 162 valence electrons. The minimum absolute atomic E-state index is 0.00849. The number of likely N-dealkylation sites (tertiary alicyclic amines) is 1. The summed E-state index contributed by atoms with van der Waals surface area (Å²) in [5.74, 6) is 0.614. The van der Waals surface area contributed by atoms with Gasteiger partial charge < -0.3 is 21.3 Å². The van der Waals surface area contributed by atoms with Gasteiger partial charge in [-0.15, -0.1) is 0 Å². The Bertz CT molecular complexity index is 879. The molecule has 3 rings (SSSR count). The summed E-state index contributed by atoms with van der Waals surface area (Å²) >= 11 is 0. The number of para-hydroxylation sites is 1. The maximum Gasteiger partial charge on any atom is 0.240 e. The molecule has 2 heterocycles. The summed E-state index contributed by atoms with van der Waals surface area (Å²) in [6.45, 7) is 7.03. The van der Waals surface area contributed by atoms with Crippen molar-refractivity contribution >= 4 is 28.5 Å². The SMILES string of the molecule is CC(C)[C@H](Nc1nc(CNC(=O)CCN2CCCCC2)nc2ccccc12)C(N)=O. The molecule has 0 saturated carbocycles. The molecule has 2 aromatic rings. The van der Waals surface area contributed by atoms with Crippen LogP contribution in [0.4, 0.5) is 5.82 Å². The van der Waals surface area contributed by atoms with E-state index in [1.807, 2.05) is 38.1 Å². The highest BCUT2D eigenvalue weighted by Gasteiger charge is 2.21. The van der Waals surface area contributed by atoms with Gasteiger partial charge in [-0.05, 0) is 44.0 Å². The van der Waals surface area contributed by atoms with Crippen molar-refractivity contribution in [2.75, 3.05) is 25.0 Å². The van der Waals surface area contributed by atoms with Crippen molar-refractivity contribution in [3.63, 3.8) is 0 Å². The molecule has 0 spiro atoms. The Morgan fingerprint density at radius 3 is 2.57 bits per heavy atom. The number of anilines is 1. The van der Waals surface area contributed by atoms with E-state index in [4.69, 9.17) is 5.73 Å². The number of aromatic nitrogens is 2. The second-order valence-electron chi connectivity index (χ2n) is 8.20. The van der Waals surface area contributed by atoms with Crippen LogP contribution in [-0.4, -0.2) is 52.4 Å². The van der Waals surface area contributed by atoms with Crippen LogP contribution in [0.25, 0.3) is 10.9 Å². The highest BCUT2D eigenvalue weighted by atomic mass is 16.2. The highest BCUT2D eigenvalue weighted by Crippen LogP contribution is 2.22. The summed E-state index contributed by atoms with van der Waals surface area (Å²) in [6, 6.07) is 7.03. The van der Waals surface area contributed by atoms with Crippen molar-refractivity contribution in [3.8, 4) is 0 Å². The van der Waals surface area contributed by atoms with Crippen LogP contribution in [0.15, 0.2) is 24.3 Å². The molecule has 2 amide bonds. The molecule has 1 aliphatic rings. The lowest BCUT2D eigenvalue weighted by Gasteiger charge is -2.25. The van der Waals surface area contributed by atoms with Gasteiger partial charge in [0.15, 0.2) is 5.82 Å². The Labute approximate surface area is 177 Å². The number of amides is 2. The van der Waals surface area contributed by atoms with Gasteiger partial charge in [-0.1, -0.05) is 32.4 Å². The number of hydrogen-bond acceptors (Lipinski definition) is 6. The molecular weight excluding hydrogens is 380 g/mol. The first-order valence-electron chi connectivity index (χ1n) is 10.7. The first kappa shape index (κ1) is 22.0. The second kappa shape index (κ2) is 10.3. The zero-order valence-electron chi connectivity index (χ0n) is 17.9. The van der Waals surface area contributed by atoms with Gasteiger partial charge in [0.25, 0.3) is 0 Å². The number of piperidine rings is 1. The number of nitrogens with zero attached hydrogens (tertiary/aromatic N) is 3. The van der Waals surface area contributed by atoms with Crippen molar-refractivity contribution in [2.45, 2.75) is 52.1 Å². The summed E-state index contributed by atoms with van der Waals surface area (Å²) in [4.78, 5) is 35.6. The quantitative estimate of drug-likeness (QED) is 0.581. The van der Waals surface area contributed by atoms with E-state index in [1.165, 1.54) is 19.3 Å². The van der Waals surface area contributed by atoms with E-state index in [2.05, 4.69) is 25.5 Å². The van der Waals surface area contributed by atoms with Crippen LogP contribution in [0, 0.1) is 5.92 Å². The monoisotopic (exact) mass is 412 g/mol. The molecule has 0 aliphatic carbocycles. The fourth-order valence-electron chi connectivity index (χ4n) is 3.74. The van der Waals surface area contributed by atoms with Gasteiger partial charge in [-0.3, -0.25) is 9.59 Å². The minimum Gasteiger partial charge on any atom is -0.368 e. The number of benzene rings is 1. The van der Waals surface area contributed by atoms with Crippen molar-refractivity contribution in [2.24, 2.45) is 11.7 Å². The van der Waals surface area contributed by atoms with E-state index in [0.29, 0.717) is 18.1 Å². The number of hydrogen-bond donors (Lipinski definition) is 3. The maximum absolute atomic E-state index is 12.3. The second-order valence-corrected chi connectivity index (χ2v) is 8.20. The van der Waals surface area contributed by atoms with Gasteiger partial charge in [-0.25, -0.2) is 9.97 Å². The molecule has 0 unspecified atom stereocenters. The summed E-state index contributed by atoms with van der Waals surface area (Å²) in [6.07, 6.45) is 4.18. The molecule has 0 radical (unpaired) electrons. The molecule has 0 bridgehead atoms. The molecule has 30 heavy (non-hydrogen) atoms. The van der Waals surface area contributed by atoms with E-state index < -0.39 is 11.9 Å². The molecule has 1 fully saturated rings. The number of primary amides is 1. The lowest BCUT2D eigenvalue weighted by molar-refractivity contribution is -0.121. The lowest BCUT2D eigenvalue weighted by Crippen LogP contribution is -2.40. The van der Waals surface area contributed by atoms with Crippen molar-refractivity contribution in [1.29, 1.82) is 0 Å². The standard InChI is InChI=1S/C22H32N6O2/c1-15(2)20(21(23)30)27-22-16-8-4-5-9-17(16)25-18(26-22)14-24-19(29)10-13-28-11-6-3-7-12-28/h4-5,8-9,15,20H,3,6-7,10-14H2,1-2H3,(H2,23,30)(H,24,29)(H,25,26,27)/t20-/m0/s1. The average Bonchev–Trinajstić information content (AvgIpc) is 2.74. The van der Waals surface area contributed by atoms with Crippen LogP contribution >= 0.6 is 0 Å². The molecule has 1 aliphatic heterocycles. The minimum atomic E-state index is -0.546. The van der Waals surface area contributed by atoms with E-state index in [0.717, 1.165) is 30.5 Å². The molecule has 1 saturated heterocycles. The van der Waals surface area contributed by atoms with Crippen LogP contribution in [0.1, 0.15) is 45.4 Å². The fourth-order valence-corrected chi connectivity index (χ4v) is 3.74. The Kier molecular flexibility index (Phi) is 7.57. The zero-order valence-corrected chi connectivity index (χ0v) is 17.9. The molecule has 8 nitrogen and oxygen atoms in total. The summed E-state index contributed by atoms with van der Waals surface area (Å²) in [7, 11) is 0. The van der Waals surface area contributed by atoms with E-state index in [9.17, 15) is 9.59 Å². The van der Waals surface area contributed by atoms with Crippen molar-refractivity contribution in [3.05, 3.63) is 30.1 Å². The van der Waals surface area contributed by atoms with Gasteiger partial charge in [0, 0.05) is 18.4 Å². The normalized spacial score (nSPS) is 15.8. The first-order valence-corrected chi connectivity index (χ1v) is 10.7. The predicted octanol–water partition coefficient (Wildman–Crippen LogP) is 2.04. The molecule has 4 N–H and O–H groups in total. The number of carbonyl (C=O) groups excluding carboxylic acids is 2. The molecule has 1 aromatic heterocycles. The van der Waals surface area contributed by atoms with Gasteiger partial charge in [-0.2, -0.15) is 0 Å². The highest BCUT2D eigenvalue weighted by molar-refractivity contribution is 5.92. The fraction of sp³-hybridized carbons (Fsp3) is 0.545.